The minimum absolute atomic E-state index is 0.00567. The predicted octanol–water partition coefficient (Wildman–Crippen LogP) is 2.77. The molecule has 2 nitrogen and oxygen atoms in total. The van der Waals surface area contributed by atoms with E-state index in [2.05, 4.69) is 5.32 Å². The van der Waals surface area contributed by atoms with E-state index in [9.17, 15) is 4.79 Å². The zero-order chi connectivity index (χ0) is 11.3. The van der Waals surface area contributed by atoms with Crippen molar-refractivity contribution < 1.29 is 4.79 Å². The molecule has 0 saturated heterocycles. The maximum atomic E-state index is 11.9. The van der Waals surface area contributed by atoms with Crippen LogP contribution in [0.15, 0.2) is 24.3 Å². The lowest BCUT2D eigenvalue weighted by atomic mass is 9.99. The Hall–Kier alpha value is -0.860. The van der Waals surface area contributed by atoms with Crippen molar-refractivity contribution in [2.75, 3.05) is 13.1 Å². The standard InChI is InChI=1S/C12H16ClNO/c1-3-14-8-9(2)12(15)10-4-6-11(13)7-5-10/h4-7,9,14H,3,8H2,1-2H3. The maximum absolute atomic E-state index is 11.9. The largest absolute Gasteiger partial charge is 0.316 e. The van der Waals surface area contributed by atoms with Crippen molar-refractivity contribution in [2.24, 2.45) is 5.92 Å². The molecule has 0 aliphatic rings. The molecule has 0 saturated carbocycles. The summed E-state index contributed by atoms with van der Waals surface area (Å²) in [4.78, 5) is 11.9. The molecule has 0 spiro atoms. The molecule has 1 unspecified atom stereocenters. The van der Waals surface area contributed by atoms with E-state index in [0.29, 0.717) is 5.02 Å². The molecule has 0 aliphatic carbocycles. The van der Waals surface area contributed by atoms with Crippen LogP contribution in [0, 0.1) is 5.92 Å². The van der Waals surface area contributed by atoms with Crippen LogP contribution in [0.4, 0.5) is 0 Å². The molecule has 0 heterocycles. The number of Topliss-reactive ketones (excluding diaryl/α,β-unsaturated/α-hetero) is 1. The van der Waals surface area contributed by atoms with Crippen LogP contribution in [0.1, 0.15) is 24.2 Å². The van der Waals surface area contributed by atoms with Gasteiger partial charge in [-0.1, -0.05) is 25.4 Å². The number of hydrogen-bond donors (Lipinski definition) is 1. The monoisotopic (exact) mass is 225 g/mol. The maximum Gasteiger partial charge on any atom is 0.166 e. The summed E-state index contributed by atoms with van der Waals surface area (Å²) in [5, 5.41) is 3.82. The number of carbonyl (C=O) groups excluding carboxylic acids is 1. The molecule has 15 heavy (non-hydrogen) atoms. The molecule has 82 valence electrons. The van der Waals surface area contributed by atoms with Crippen LogP contribution in [0.3, 0.4) is 0 Å². The molecule has 0 aliphatic heterocycles. The zero-order valence-electron chi connectivity index (χ0n) is 9.09. The van der Waals surface area contributed by atoms with Gasteiger partial charge in [-0.15, -0.1) is 0 Å². The minimum Gasteiger partial charge on any atom is -0.316 e. The Morgan fingerprint density at radius 3 is 2.53 bits per heavy atom. The Bertz CT molecular complexity index is 321. The lowest BCUT2D eigenvalue weighted by Gasteiger charge is -2.10. The van der Waals surface area contributed by atoms with Gasteiger partial charge < -0.3 is 5.32 Å². The Morgan fingerprint density at radius 1 is 1.40 bits per heavy atom. The Balaban J connectivity index is 2.63. The second-order valence-electron chi connectivity index (χ2n) is 3.58. The highest BCUT2D eigenvalue weighted by Gasteiger charge is 2.13. The van der Waals surface area contributed by atoms with E-state index in [1.807, 2.05) is 13.8 Å². The number of halogens is 1. The summed E-state index contributed by atoms with van der Waals surface area (Å²) in [7, 11) is 0. The third kappa shape index (κ3) is 3.65. The van der Waals surface area contributed by atoms with Gasteiger partial charge in [0.25, 0.3) is 0 Å². The SMILES string of the molecule is CCNCC(C)C(=O)c1ccc(Cl)cc1. The summed E-state index contributed by atoms with van der Waals surface area (Å²) in [6, 6.07) is 7.03. The van der Waals surface area contributed by atoms with E-state index < -0.39 is 0 Å². The molecule has 1 rings (SSSR count). The zero-order valence-corrected chi connectivity index (χ0v) is 9.84. The van der Waals surface area contributed by atoms with Crippen molar-refractivity contribution in [3.63, 3.8) is 0 Å². The summed E-state index contributed by atoms with van der Waals surface area (Å²) in [5.74, 6) is 0.166. The molecule has 0 bridgehead atoms. The number of benzene rings is 1. The lowest BCUT2D eigenvalue weighted by molar-refractivity contribution is 0.0929. The van der Waals surface area contributed by atoms with E-state index in [1.165, 1.54) is 0 Å². The first-order chi connectivity index (χ1) is 7.15. The van der Waals surface area contributed by atoms with Crippen molar-refractivity contribution >= 4 is 17.4 Å². The summed E-state index contributed by atoms with van der Waals surface area (Å²) >= 11 is 5.76. The molecule has 1 atom stereocenters. The summed E-state index contributed by atoms with van der Waals surface area (Å²) in [6.45, 7) is 5.56. The second-order valence-corrected chi connectivity index (χ2v) is 4.02. The lowest BCUT2D eigenvalue weighted by Crippen LogP contribution is -2.26. The predicted molar refractivity (Wildman–Crippen MR) is 63.5 cm³/mol. The van der Waals surface area contributed by atoms with Crippen LogP contribution in [0.25, 0.3) is 0 Å². The van der Waals surface area contributed by atoms with Crippen molar-refractivity contribution in [1.82, 2.24) is 5.32 Å². The van der Waals surface area contributed by atoms with Crippen LogP contribution in [-0.2, 0) is 0 Å². The van der Waals surface area contributed by atoms with Gasteiger partial charge in [-0.3, -0.25) is 4.79 Å². The van der Waals surface area contributed by atoms with Gasteiger partial charge in [0.1, 0.15) is 0 Å². The fraction of sp³-hybridized carbons (Fsp3) is 0.417. The first-order valence-corrected chi connectivity index (χ1v) is 5.53. The van der Waals surface area contributed by atoms with Gasteiger partial charge in [-0.2, -0.15) is 0 Å². The van der Waals surface area contributed by atoms with Gasteiger partial charge in [0, 0.05) is 23.0 Å². The van der Waals surface area contributed by atoms with Crippen LogP contribution >= 0.6 is 11.6 Å². The first kappa shape index (κ1) is 12.2. The van der Waals surface area contributed by atoms with Crippen LogP contribution in [0.5, 0.6) is 0 Å². The molecular weight excluding hydrogens is 210 g/mol. The van der Waals surface area contributed by atoms with Crippen molar-refractivity contribution in [2.45, 2.75) is 13.8 Å². The topological polar surface area (TPSA) is 29.1 Å². The first-order valence-electron chi connectivity index (χ1n) is 5.15. The van der Waals surface area contributed by atoms with E-state index in [-0.39, 0.29) is 11.7 Å². The Morgan fingerprint density at radius 2 is 2.00 bits per heavy atom. The smallest absolute Gasteiger partial charge is 0.166 e. The van der Waals surface area contributed by atoms with E-state index >= 15 is 0 Å². The number of rotatable bonds is 5. The number of ketones is 1. The highest BCUT2D eigenvalue weighted by atomic mass is 35.5. The van der Waals surface area contributed by atoms with E-state index in [0.717, 1.165) is 18.7 Å². The molecule has 1 aromatic rings. The molecular formula is C12H16ClNO. The fourth-order valence-electron chi connectivity index (χ4n) is 1.35. The van der Waals surface area contributed by atoms with Crippen LogP contribution < -0.4 is 5.32 Å². The normalized spacial score (nSPS) is 12.5. The Kier molecular flexibility index (Phi) is 4.79. The minimum atomic E-state index is 0.00567. The van der Waals surface area contributed by atoms with E-state index in [4.69, 9.17) is 11.6 Å². The molecule has 0 amide bonds. The molecule has 3 heteroatoms. The molecule has 1 N–H and O–H groups in total. The highest BCUT2D eigenvalue weighted by molar-refractivity contribution is 6.30. The number of carbonyl (C=O) groups is 1. The van der Waals surface area contributed by atoms with Crippen molar-refractivity contribution in [1.29, 1.82) is 0 Å². The number of hydrogen-bond acceptors (Lipinski definition) is 2. The average molecular weight is 226 g/mol. The fourth-order valence-corrected chi connectivity index (χ4v) is 1.48. The van der Waals surface area contributed by atoms with Gasteiger partial charge in [0.2, 0.25) is 0 Å². The van der Waals surface area contributed by atoms with Gasteiger partial charge >= 0.3 is 0 Å². The van der Waals surface area contributed by atoms with Gasteiger partial charge in [-0.25, -0.2) is 0 Å². The number of nitrogens with one attached hydrogen (secondary N) is 1. The quantitative estimate of drug-likeness (QED) is 0.781. The van der Waals surface area contributed by atoms with Gasteiger partial charge in [-0.05, 0) is 30.8 Å². The van der Waals surface area contributed by atoms with Crippen LogP contribution in [0.2, 0.25) is 5.02 Å². The van der Waals surface area contributed by atoms with Crippen LogP contribution in [-0.4, -0.2) is 18.9 Å². The third-order valence-electron chi connectivity index (χ3n) is 2.28. The summed E-state index contributed by atoms with van der Waals surface area (Å²) in [6.07, 6.45) is 0. The Labute approximate surface area is 95.6 Å². The molecule has 1 aromatic carbocycles. The summed E-state index contributed by atoms with van der Waals surface area (Å²) in [5.41, 5.74) is 0.727. The average Bonchev–Trinajstić information content (AvgIpc) is 2.26. The molecule has 0 radical (unpaired) electrons. The highest BCUT2D eigenvalue weighted by Crippen LogP contribution is 2.13. The summed E-state index contributed by atoms with van der Waals surface area (Å²) < 4.78 is 0. The van der Waals surface area contributed by atoms with Crippen molar-refractivity contribution in [3.05, 3.63) is 34.9 Å². The van der Waals surface area contributed by atoms with E-state index in [1.54, 1.807) is 24.3 Å². The van der Waals surface area contributed by atoms with Gasteiger partial charge in [0.15, 0.2) is 5.78 Å². The molecule has 0 fully saturated rings. The van der Waals surface area contributed by atoms with Gasteiger partial charge in [0.05, 0.1) is 0 Å². The van der Waals surface area contributed by atoms with Crippen molar-refractivity contribution in [3.8, 4) is 0 Å². The molecule has 0 aromatic heterocycles. The third-order valence-corrected chi connectivity index (χ3v) is 2.53. The second kappa shape index (κ2) is 5.89.